The molecule has 0 bridgehead atoms. The van der Waals surface area contributed by atoms with E-state index in [1.165, 1.54) is 7.11 Å². The number of carbonyl (C=O) groups excluding carboxylic acids is 2. The number of ether oxygens (including phenoxy) is 1. The Hall–Kier alpha value is -3.54. The Morgan fingerprint density at radius 1 is 0.919 bits per heavy atom. The van der Waals surface area contributed by atoms with Crippen LogP contribution < -0.4 is 9.80 Å². The molecule has 3 rings (SSSR count). The maximum absolute atomic E-state index is 13.1. The van der Waals surface area contributed by atoms with Crippen molar-refractivity contribution in [2.75, 3.05) is 44.1 Å². The van der Waals surface area contributed by atoms with Crippen molar-refractivity contribution in [2.45, 2.75) is 52.0 Å². The van der Waals surface area contributed by atoms with Gasteiger partial charge in [-0.05, 0) is 55.7 Å². The van der Waals surface area contributed by atoms with Gasteiger partial charge >= 0.3 is 5.97 Å². The van der Waals surface area contributed by atoms with Crippen LogP contribution >= 0.6 is 0 Å². The minimum absolute atomic E-state index is 0.152. The Labute approximate surface area is 222 Å². The van der Waals surface area contributed by atoms with E-state index in [2.05, 4.69) is 62.2 Å². The first-order chi connectivity index (χ1) is 17.9. The molecule has 6 heteroatoms. The predicted octanol–water partition coefficient (Wildman–Crippen LogP) is 6.36. The van der Waals surface area contributed by atoms with Crippen LogP contribution in [-0.2, 0) is 9.53 Å². The van der Waals surface area contributed by atoms with E-state index in [-0.39, 0.29) is 17.9 Å². The predicted molar refractivity (Wildman–Crippen MR) is 153 cm³/mol. The molecule has 2 aromatic carbocycles. The van der Waals surface area contributed by atoms with E-state index in [0.717, 1.165) is 67.8 Å². The first-order valence-electron chi connectivity index (χ1n) is 13.3. The third-order valence-electron chi connectivity index (χ3n) is 6.99. The van der Waals surface area contributed by atoms with Crippen LogP contribution in [0, 0.1) is 0 Å². The van der Waals surface area contributed by atoms with Crippen LogP contribution in [0.5, 0.6) is 0 Å². The maximum Gasteiger partial charge on any atom is 0.339 e. The molecule has 0 N–H and O–H groups in total. The molecule has 0 aliphatic heterocycles. The highest BCUT2D eigenvalue weighted by molar-refractivity contribution is 5.97. The zero-order valence-corrected chi connectivity index (χ0v) is 22.9. The molecule has 0 spiro atoms. The van der Waals surface area contributed by atoms with Gasteiger partial charge in [-0.1, -0.05) is 57.0 Å². The molecule has 1 amide bonds. The number of methoxy groups -OCH3 is 1. The monoisotopic (exact) mass is 503 g/mol. The van der Waals surface area contributed by atoms with Gasteiger partial charge < -0.3 is 19.4 Å². The summed E-state index contributed by atoms with van der Waals surface area (Å²) >= 11 is 0. The fraction of sp³-hybridized carbons (Fsp3) is 0.419. The highest BCUT2D eigenvalue weighted by atomic mass is 16.5. The van der Waals surface area contributed by atoms with E-state index >= 15 is 0 Å². The SMILES string of the molecule is CCCCN(CCCC)C(=O)C1=CCC(N(C)c2ccc(N(C)c3ccccc3C(=O)OC)cc2)C=C1. The quantitative estimate of drug-likeness (QED) is 0.316. The molecule has 0 saturated heterocycles. The first kappa shape index (κ1) is 28.0. The number of para-hydroxylation sites is 1. The van der Waals surface area contributed by atoms with E-state index < -0.39 is 0 Å². The van der Waals surface area contributed by atoms with Crippen molar-refractivity contribution in [1.82, 2.24) is 4.90 Å². The number of esters is 1. The molecule has 0 aromatic heterocycles. The van der Waals surface area contributed by atoms with Crippen molar-refractivity contribution in [3.8, 4) is 0 Å². The molecule has 1 aliphatic carbocycles. The standard InChI is InChI=1S/C31H41N3O3/c1-6-8-22-34(23-9-7-2)30(35)24-14-16-25(17-15-24)32(3)26-18-20-27(21-19-26)33(4)29-13-11-10-12-28(29)31(36)37-5/h10-16,18-21,25H,6-9,17,22-23H2,1-5H3. The zero-order chi connectivity index (χ0) is 26.8. The fourth-order valence-electron chi connectivity index (χ4n) is 4.54. The third kappa shape index (κ3) is 7.03. The van der Waals surface area contributed by atoms with Gasteiger partial charge in [0.1, 0.15) is 0 Å². The highest BCUT2D eigenvalue weighted by Crippen LogP contribution is 2.30. The van der Waals surface area contributed by atoms with Crippen LogP contribution in [0.3, 0.4) is 0 Å². The van der Waals surface area contributed by atoms with Crippen molar-refractivity contribution in [1.29, 1.82) is 0 Å². The minimum Gasteiger partial charge on any atom is -0.465 e. The van der Waals surface area contributed by atoms with Crippen LogP contribution in [0.1, 0.15) is 56.3 Å². The number of likely N-dealkylation sites (N-methyl/N-ethyl adjacent to an activating group) is 1. The Bertz CT molecular complexity index is 1100. The van der Waals surface area contributed by atoms with Gasteiger partial charge in [0, 0.05) is 44.1 Å². The summed E-state index contributed by atoms with van der Waals surface area (Å²) in [5.41, 5.74) is 4.18. The summed E-state index contributed by atoms with van der Waals surface area (Å²) < 4.78 is 4.94. The average molecular weight is 504 g/mol. The summed E-state index contributed by atoms with van der Waals surface area (Å²) in [4.78, 5) is 31.5. The summed E-state index contributed by atoms with van der Waals surface area (Å²) in [6.07, 6.45) is 11.3. The van der Waals surface area contributed by atoms with Gasteiger partial charge in [-0.3, -0.25) is 4.79 Å². The molecule has 2 aromatic rings. The number of rotatable bonds is 12. The number of amides is 1. The van der Waals surface area contributed by atoms with E-state index in [0.29, 0.717) is 5.56 Å². The van der Waals surface area contributed by atoms with Gasteiger partial charge in [-0.2, -0.15) is 0 Å². The van der Waals surface area contributed by atoms with Crippen LogP contribution in [0.15, 0.2) is 72.3 Å². The van der Waals surface area contributed by atoms with Gasteiger partial charge in [0.15, 0.2) is 0 Å². The zero-order valence-electron chi connectivity index (χ0n) is 22.9. The van der Waals surface area contributed by atoms with Crippen LogP contribution in [0.4, 0.5) is 17.1 Å². The second-order valence-corrected chi connectivity index (χ2v) is 9.52. The van der Waals surface area contributed by atoms with Crippen molar-refractivity contribution in [2.24, 2.45) is 0 Å². The third-order valence-corrected chi connectivity index (χ3v) is 6.99. The number of hydrogen-bond donors (Lipinski definition) is 0. The molecule has 0 radical (unpaired) electrons. The summed E-state index contributed by atoms with van der Waals surface area (Å²) in [5, 5.41) is 0. The summed E-state index contributed by atoms with van der Waals surface area (Å²) in [6.45, 7) is 5.98. The molecule has 37 heavy (non-hydrogen) atoms. The Morgan fingerprint density at radius 3 is 2.11 bits per heavy atom. The van der Waals surface area contributed by atoms with Crippen molar-refractivity contribution in [3.05, 3.63) is 77.9 Å². The second-order valence-electron chi connectivity index (χ2n) is 9.52. The van der Waals surface area contributed by atoms with Gasteiger partial charge in [0.2, 0.25) is 0 Å². The van der Waals surface area contributed by atoms with Crippen LogP contribution in [-0.4, -0.2) is 57.1 Å². The number of hydrogen-bond acceptors (Lipinski definition) is 5. The molecular formula is C31H41N3O3. The van der Waals surface area contributed by atoms with E-state index in [1.807, 2.05) is 41.1 Å². The topological polar surface area (TPSA) is 53.1 Å². The summed E-state index contributed by atoms with van der Waals surface area (Å²) in [6, 6.07) is 15.9. The number of carbonyl (C=O) groups is 2. The van der Waals surface area contributed by atoms with Gasteiger partial charge in [0.05, 0.1) is 24.4 Å². The van der Waals surface area contributed by atoms with Crippen molar-refractivity contribution in [3.63, 3.8) is 0 Å². The lowest BCUT2D eigenvalue weighted by Gasteiger charge is -2.30. The fourth-order valence-corrected chi connectivity index (χ4v) is 4.54. The van der Waals surface area contributed by atoms with Crippen LogP contribution in [0.2, 0.25) is 0 Å². The second kappa shape index (κ2) is 13.7. The molecule has 1 atom stereocenters. The summed E-state index contributed by atoms with van der Waals surface area (Å²) in [7, 11) is 5.42. The molecule has 1 aliphatic rings. The number of unbranched alkanes of at least 4 members (excludes halogenated alkanes) is 2. The van der Waals surface area contributed by atoms with E-state index in [9.17, 15) is 9.59 Å². The molecule has 0 heterocycles. The Kier molecular flexibility index (Phi) is 10.4. The molecule has 198 valence electrons. The van der Waals surface area contributed by atoms with Crippen molar-refractivity contribution < 1.29 is 14.3 Å². The van der Waals surface area contributed by atoms with E-state index in [4.69, 9.17) is 4.74 Å². The first-order valence-corrected chi connectivity index (χ1v) is 13.3. The Morgan fingerprint density at radius 2 is 1.54 bits per heavy atom. The molecular weight excluding hydrogens is 462 g/mol. The van der Waals surface area contributed by atoms with E-state index in [1.54, 1.807) is 6.07 Å². The number of benzene rings is 2. The minimum atomic E-state index is -0.354. The molecule has 1 unspecified atom stereocenters. The number of nitrogens with zero attached hydrogens (tertiary/aromatic N) is 3. The highest BCUT2D eigenvalue weighted by Gasteiger charge is 2.21. The smallest absolute Gasteiger partial charge is 0.339 e. The van der Waals surface area contributed by atoms with Gasteiger partial charge in [-0.25, -0.2) is 4.79 Å². The normalized spacial score (nSPS) is 14.6. The lowest BCUT2D eigenvalue weighted by Crippen LogP contribution is -2.35. The maximum atomic E-state index is 13.1. The molecule has 6 nitrogen and oxygen atoms in total. The molecule has 0 fully saturated rings. The Balaban J connectivity index is 1.66. The largest absolute Gasteiger partial charge is 0.465 e. The number of anilines is 3. The van der Waals surface area contributed by atoms with Crippen molar-refractivity contribution >= 4 is 28.9 Å². The van der Waals surface area contributed by atoms with Gasteiger partial charge in [-0.15, -0.1) is 0 Å². The molecule has 0 saturated carbocycles. The lowest BCUT2D eigenvalue weighted by atomic mass is 10.00. The lowest BCUT2D eigenvalue weighted by molar-refractivity contribution is -0.127. The average Bonchev–Trinajstić information content (AvgIpc) is 2.96. The summed E-state index contributed by atoms with van der Waals surface area (Å²) in [5.74, 6) is -0.202. The van der Waals surface area contributed by atoms with Gasteiger partial charge in [0.25, 0.3) is 5.91 Å². The van der Waals surface area contributed by atoms with Crippen LogP contribution in [0.25, 0.3) is 0 Å².